The smallest absolute Gasteiger partial charge is 0.256 e. The Labute approximate surface area is 169 Å². The second-order valence-electron chi connectivity index (χ2n) is 6.13. The number of nitrogens with one attached hydrogen (secondary N) is 2. The standard InChI is InChI=1S/C16H18N12O2/c1-7-3-9(5-29-7)20-14-22-13(19)23-15(26-14)27-28(10-4-8(2)30-6-10)16-24-11(17)21-12(18)25-16/h3-6H,1-2H3,(H4,17,18,21,24,25)(H4,19,20,22,23,26,27). The summed E-state index contributed by atoms with van der Waals surface area (Å²) in [6.45, 7) is 3.60. The molecule has 0 atom stereocenters. The highest BCUT2D eigenvalue weighted by atomic mass is 16.3. The van der Waals surface area contributed by atoms with Crippen molar-refractivity contribution in [2.75, 3.05) is 33.0 Å². The van der Waals surface area contributed by atoms with Crippen molar-refractivity contribution in [3.63, 3.8) is 0 Å². The summed E-state index contributed by atoms with van der Waals surface area (Å²) in [7, 11) is 0. The van der Waals surface area contributed by atoms with E-state index >= 15 is 0 Å². The molecular formula is C16H18N12O2. The van der Waals surface area contributed by atoms with E-state index in [2.05, 4.69) is 40.6 Å². The molecule has 0 spiro atoms. The monoisotopic (exact) mass is 410 g/mol. The third kappa shape index (κ3) is 4.11. The third-order valence-corrected chi connectivity index (χ3v) is 3.68. The predicted octanol–water partition coefficient (Wildman–Crippen LogP) is 1.51. The van der Waals surface area contributed by atoms with Gasteiger partial charge in [-0.05, 0) is 13.8 Å². The second-order valence-corrected chi connectivity index (χ2v) is 6.13. The van der Waals surface area contributed by atoms with Crippen LogP contribution >= 0.6 is 0 Å². The maximum Gasteiger partial charge on any atom is 0.256 e. The lowest BCUT2D eigenvalue weighted by Gasteiger charge is -2.21. The van der Waals surface area contributed by atoms with E-state index in [1.165, 1.54) is 17.5 Å². The molecule has 4 heterocycles. The van der Waals surface area contributed by atoms with Crippen molar-refractivity contribution in [3.05, 3.63) is 36.2 Å². The molecule has 0 aliphatic carbocycles. The number of furan rings is 2. The minimum Gasteiger partial charge on any atom is -0.467 e. The lowest BCUT2D eigenvalue weighted by atomic mass is 10.4. The molecule has 4 aromatic rings. The highest BCUT2D eigenvalue weighted by Gasteiger charge is 2.19. The van der Waals surface area contributed by atoms with Crippen molar-refractivity contribution >= 4 is 47.1 Å². The predicted molar refractivity (Wildman–Crippen MR) is 109 cm³/mol. The number of rotatable bonds is 6. The van der Waals surface area contributed by atoms with E-state index in [0.29, 0.717) is 17.1 Å². The number of aromatic nitrogens is 6. The zero-order chi connectivity index (χ0) is 21.3. The van der Waals surface area contributed by atoms with Gasteiger partial charge in [-0.25, -0.2) is 5.01 Å². The summed E-state index contributed by atoms with van der Waals surface area (Å²) in [6.07, 6.45) is 3.01. The number of nitrogens with zero attached hydrogens (tertiary/aromatic N) is 7. The molecule has 0 bridgehead atoms. The molecule has 154 valence electrons. The molecule has 0 unspecified atom stereocenters. The fraction of sp³-hybridized carbons (Fsp3) is 0.125. The molecule has 14 nitrogen and oxygen atoms in total. The SMILES string of the molecule is Cc1cc(Nc2nc(N)nc(NN(c3coc(C)c3)c3nc(N)nc(N)n3)n2)co1. The molecule has 8 N–H and O–H groups in total. The fourth-order valence-corrected chi connectivity index (χ4v) is 2.51. The Morgan fingerprint density at radius 2 is 1.40 bits per heavy atom. The van der Waals surface area contributed by atoms with Crippen LogP contribution in [0.5, 0.6) is 0 Å². The number of nitrogen functional groups attached to an aromatic ring is 3. The van der Waals surface area contributed by atoms with Crippen LogP contribution in [0.4, 0.5) is 47.1 Å². The average Bonchev–Trinajstić information content (AvgIpc) is 3.26. The van der Waals surface area contributed by atoms with Gasteiger partial charge in [0.2, 0.25) is 29.7 Å². The topological polar surface area (TPSA) is 209 Å². The molecule has 30 heavy (non-hydrogen) atoms. The molecule has 0 saturated heterocycles. The maximum atomic E-state index is 5.84. The van der Waals surface area contributed by atoms with Crippen molar-refractivity contribution in [2.24, 2.45) is 0 Å². The van der Waals surface area contributed by atoms with Gasteiger partial charge in [-0.15, -0.1) is 0 Å². The summed E-state index contributed by atoms with van der Waals surface area (Å²) in [5.41, 5.74) is 21.4. The number of aryl methyl sites for hydroxylation is 2. The number of nitrogens with two attached hydrogens (primary N) is 3. The molecule has 4 rings (SSSR count). The summed E-state index contributed by atoms with van der Waals surface area (Å²) in [5, 5.41) is 4.41. The van der Waals surface area contributed by atoms with Crippen LogP contribution in [0.3, 0.4) is 0 Å². The summed E-state index contributed by atoms with van der Waals surface area (Å²) in [6, 6.07) is 3.52. The van der Waals surface area contributed by atoms with Gasteiger partial charge in [-0.1, -0.05) is 0 Å². The normalized spacial score (nSPS) is 10.7. The molecule has 0 aliphatic rings. The van der Waals surface area contributed by atoms with Crippen molar-refractivity contribution in [3.8, 4) is 0 Å². The van der Waals surface area contributed by atoms with Gasteiger partial charge in [-0.2, -0.15) is 29.9 Å². The van der Waals surface area contributed by atoms with Gasteiger partial charge < -0.3 is 31.4 Å². The molecule has 0 aromatic carbocycles. The first-order valence-electron chi connectivity index (χ1n) is 8.58. The van der Waals surface area contributed by atoms with Crippen molar-refractivity contribution < 1.29 is 8.83 Å². The molecular weight excluding hydrogens is 392 g/mol. The van der Waals surface area contributed by atoms with Crippen LogP contribution in [-0.4, -0.2) is 29.9 Å². The van der Waals surface area contributed by atoms with Gasteiger partial charge in [0.1, 0.15) is 29.7 Å². The molecule has 14 heteroatoms. The zero-order valence-electron chi connectivity index (χ0n) is 16.0. The Morgan fingerprint density at radius 3 is 2.03 bits per heavy atom. The lowest BCUT2D eigenvalue weighted by Crippen LogP contribution is -2.28. The number of anilines is 8. The average molecular weight is 410 g/mol. The molecule has 0 saturated carbocycles. The van der Waals surface area contributed by atoms with Gasteiger partial charge in [0.15, 0.2) is 0 Å². The van der Waals surface area contributed by atoms with Gasteiger partial charge in [0.25, 0.3) is 5.95 Å². The second kappa shape index (κ2) is 7.42. The fourth-order valence-electron chi connectivity index (χ4n) is 2.51. The van der Waals surface area contributed by atoms with Gasteiger partial charge in [0, 0.05) is 12.1 Å². The summed E-state index contributed by atoms with van der Waals surface area (Å²) >= 11 is 0. The van der Waals surface area contributed by atoms with E-state index in [4.69, 9.17) is 26.0 Å². The first kappa shape index (κ1) is 18.7. The number of hydrogen-bond acceptors (Lipinski definition) is 14. The molecule has 0 amide bonds. The van der Waals surface area contributed by atoms with Crippen LogP contribution in [-0.2, 0) is 0 Å². The van der Waals surface area contributed by atoms with Crippen LogP contribution in [0.15, 0.2) is 33.5 Å². The highest BCUT2D eigenvalue weighted by molar-refractivity contribution is 5.63. The zero-order valence-corrected chi connectivity index (χ0v) is 16.0. The van der Waals surface area contributed by atoms with E-state index in [9.17, 15) is 0 Å². The minimum atomic E-state index is -0.0580. The highest BCUT2D eigenvalue weighted by Crippen LogP contribution is 2.26. The van der Waals surface area contributed by atoms with Crippen LogP contribution < -0.4 is 33.0 Å². The van der Waals surface area contributed by atoms with Crippen molar-refractivity contribution in [1.29, 1.82) is 0 Å². The van der Waals surface area contributed by atoms with Crippen molar-refractivity contribution in [1.82, 2.24) is 29.9 Å². The minimum absolute atomic E-state index is 0.0202. The van der Waals surface area contributed by atoms with E-state index < -0.39 is 0 Å². The van der Waals surface area contributed by atoms with Gasteiger partial charge in [-0.3, -0.25) is 5.43 Å². The lowest BCUT2D eigenvalue weighted by molar-refractivity contribution is 0.534. The Balaban J connectivity index is 1.69. The number of hydrogen-bond donors (Lipinski definition) is 5. The quantitative estimate of drug-likeness (QED) is 0.285. The Bertz CT molecular complexity index is 1170. The van der Waals surface area contributed by atoms with E-state index in [-0.39, 0.29) is 35.7 Å². The maximum absolute atomic E-state index is 5.84. The van der Waals surface area contributed by atoms with Crippen LogP contribution in [0, 0.1) is 13.8 Å². The van der Waals surface area contributed by atoms with E-state index in [0.717, 1.165) is 5.76 Å². The summed E-state index contributed by atoms with van der Waals surface area (Å²) in [4.78, 5) is 24.4. The Morgan fingerprint density at radius 1 is 0.767 bits per heavy atom. The molecule has 0 aliphatic heterocycles. The van der Waals surface area contributed by atoms with Gasteiger partial charge >= 0.3 is 0 Å². The third-order valence-electron chi connectivity index (χ3n) is 3.68. The van der Waals surface area contributed by atoms with Crippen molar-refractivity contribution in [2.45, 2.75) is 13.8 Å². The van der Waals surface area contributed by atoms with Crippen LogP contribution in [0.25, 0.3) is 0 Å². The van der Waals surface area contributed by atoms with Crippen LogP contribution in [0.2, 0.25) is 0 Å². The Hall–Kier alpha value is -4.62. The molecule has 0 fully saturated rings. The van der Waals surface area contributed by atoms with E-state index in [1.54, 1.807) is 19.1 Å². The van der Waals surface area contributed by atoms with Gasteiger partial charge in [0.05, 0.1) is 5.69 Å². The molecule has 0 radical (unpaired) electrons. The first-order chi connectivity index (χ1) is 14.4. The number of hydrazine groups is 1. The largest absolute Gasteiger partial charge is 0.467 e. The van der Waals surface area contributed by atoms with E-state index in [1.807, 2.05) is 6.92 Å². The van der Waals surface area contributed by atoms with Crippen LogP contribution in [0.1, 0.15) is 11.5 Å². The molecule has 4 aromatic heterocycles. The first-order valence-corrected chi connectivity index (χ1v) is 8.58. The Kier molecular flexibility index (Phi) is 4.63. The summed E-state index contributed by atoms with van der Waals surface area (Å²) < 4.78 is 10.6. The summed E-state index contributed by atoms with van der Waals surface area (Å²) in [5.74, 6) is 1.64.